The molecule has 2 fully saturated rings. The predicted molar refractivity (Wildman–Crippen MR) is 75.4 cm³/mol. The molecule has 2 atom stereocenters. The lowest BCUT2D eigenvalue weighted by Gasteiger charge is -2.22. The molecule has 0 bridgehead atoms. The summed E-state index contributed by atoms with van der Waals surface area (Å²) in [4.78, 5) is 4.70. The van der Waals surface area contributed by atoms with Gasteiger partial charge in [-0.15, -0.1) is 0 Å². The van der Waals surface area contributed by atoms with Crippen LogP contribution in [0.2, 0.25) is 0 Å². The van der Waals surface area contributed by atoms with E-state index in [4.69, 9.17) is 9.51 Å². The van der Waals surface area contributed by atoms with Gasteiger partial charge in [0.1, 0.15) is 0 Å². The van der Waals surface area contributed by atoms with Crippen molar-refractivity contribution >= 4 is 0 Å². The summed E-state index contributed by atoms with van der Waals surface area (Å²) in [6.07, 6.45) is 4.49. The van der Waals surface area contributed by atoms with E-state index in [0.717, 1.165) is 31.2 Å². The molecule has 1 saturated carbocycles. The molecule has 2 unspecified atom stereocenters. The summed E-state index contributed by atoms with van der Waals surface area (Å²) in [6.45, 7) is 2.08. The van der Waals surface area contributed by atoms with Crippen molar-refractivity contribution < 1.29 is 4.52 Å². The number of nitrogens with one attached hydrogen (secondary N) is 1. The summed E-state index contributed by atoms with van der Waals surface area (Å²) in [5.74, 6) is 2.33. The molecule has 1 saturated heterocycles. The first-order valence-corrected chi connectivity index (χ1v) is 7.44. The van der Waals surface area contributed by atoms with Crippen LogP contribution in [0.4, 0.5) is 0 Å². The Hall–Kier alpha value is -1.68. The minimum atomic E-state index is 0.113. The lowest BCUT2D eigenvalue weighted by molar-refractivity contribution is 0.264. The summed E-state index contributed by atoms with van der Waals surface area (Å²) >= 11 is 0. The van der Waals surface area contributed by atoms with Gasteiger partial charge in [-0.1, -0.05) is 41.9 Å². The summed E-state index contributed by atoms with van der Waals surface area (Å²) in [5, 5.41) is 7.69. The molecule has 104 valence electrons. The van der Waals surface area contributed by atoms with Gasteiger partial charge in [0, 0.05) is 13.0 Å². The van der Waals surface area contributed by atoms with E-state index in [9.17, 15) is 0 Å². The van der Waals surface area contributed by atoms with Gasteiger partial charge in [0.25, 0.3) is 0 Å². The minimum absolute atomic E-state index is 0.113. The van der Waals surface area contributed by atoms with Crippen molar-refractivity contribution in [2.75, 3.05) is 13.1 Å². The van der Waals surface area contributed by atoms with Crippen LogP contribution in [0.15, 0.2) is 34.9 Å². The van der Waals surface area contributed by atoms with Crippen LogP contribution >= 0.6 is 0 Å². The van der Waals surface area contributed by atoms with E-state index in [1.807, 2.05) is 18.2 Å². The maximum atomic E-state index is 5.62. The summed E-state index contributed by atoms with van der Waals surface area (Å²) in [7, 11) is 0. The van der Waals surface area contributed by atoms with Crippen LogP contribution in [-0.2, 0) is 11.8 Å². The van der Waals surface area contributed by atoms with Gasteiger partial charge in [0.2, 0.25) is 5.89 Å². The average Bonchev–Trinajstić information content (AvgIpc) is 3.13. The zero-order chi connectivity index (χ0) is 13.4. The highest BCUT2D eigenvalue weighted by Gasteiger charge is 2.51. The van der Waals surface area contributed by atoms with Crippen LogP contribution in [0.1, 0.15) is 36.5 Å². The first-order valence-electron chi connectivity index (χ1n) is 7.44. The van der Waals surface area contributed by atoms with Gasteiger partial charge in [0.15, 0.2) is 5.82 Å². The number of hydrogen-bond donors (Lipinski definition) is 1. The third-order valence-corrected chi connectivity index (χ3v) is 4.89. The zero-order valence-electron chi connectivity index (χ0n) is 11.5. The van der Waals surface area contributed by atoms with Crippen molar-refractivity contribution in [1.82, 2.24) is 15.5 Å². The Kier molecular flexibility index (Phi) is 2.84. The fraction of sp³-hybridized carbons (Fsp3) is 0.500. The molecule has 0 amide bonds. The third-order valence-electron chi connectivity index (χ3n) is 4.89. The van der Waals surface area contributed by atoms with Gasteiger partial charge in [-0.05, 0) is 30.9 Å². The van der Waals surface area contributed by atoms with Crippen LogP contribution in [-0.4, -0.2) is 23.2 Å². The second kappa shape index (κ2) is 4.70. The molecular weight excluding hydrogens is 250 g/mol. The lowest BCUT2D eigenvalue weighted by Crippen LogP contribution is -2.31. The maximum absolute atomic E-state index is 5.62. The molecule has 4 nitrogen and oxygen atoms in total. The van der Waals surface area contributed by atoms with Crippen LogP contribution in [0.5, 0.6) is 0 Å². The van der Waals surface area contributed by atoms with Crippen molar-refractivity contribution in [3.63, 3.8) is 0 Å². The molecule has 1 N–H and O–H groups in total. The number of nitrogens with zero attached hydrogens (tertiary/aromatic N) is 2. The van der Waals surface area contributed by atoms with Gasteiger partial charge >= 0.3 is 0 Å². The van der Waals surface area contributed by atoms with Crippen LogP contribution in [0.25, 0.3) is 0 Å². The molecule has 4 heteroatoms. The van der Waals surface area contributed by atoms with Crippen LogP contribution < -0.4 is 5.32 Å². The van der Waals surface area contributed by atoms with Gasteiger partial charge in [-0.25, -0.2) is 0 Å². The highest BCUT2D eigenvalue weighted by molar-refractivity contribution is 5.20. The Labute approximate surface area is 118 Å². The molecular formula is C16H19N3O. The smallest absolute Gasteiger partial charge is 0.234 e. The first kappa shape index (κ1) is 12.1. The van der Waals surface area contributed by atoms with Gasteiger partial charge < -0.3 is 9.84 Å². The average molecular weight is 269 g/mol. The highest BCUT2D eigenvalue weighted by Crippen LogP contribution is 2.47. The second-order valence-corrected chi connectivity index (χ2v) is 6.05. The van der Waals surface area contributed by atoms with E-state index in [1.165, 1.54) is 24.8 Å². The Morgan fingerprint density at radius 3 is 3.10 bits per heavy atom. The zero-order valence-corrected chi connectivity index (χ0v) is 11.5. The largest absolute Gasteiger partial charge is 0.339 e. The number of benzene rings is 1. The molecule has 2 aliphatic rings. The van der Waals surface area contributed by atoms with Crippen LogP contribution in [0, 0.1) is 5.92 Å². The molecule has 4 rings (SSSR count). The van der Waals surface area contributed by atoms with Gasteiger partial charge in [0.05, 0.1) is 5.41 Å². The van der Waals surface area contributed by atoms with E-state index in [-0.39, 0.29) is 5.41 Å². The minimum Gasteiger partial charge on any atom is -0.339 e. The van der Waals surface area contributed by atoms with Crippen molar-refractivity contribution in [3.8, 4) is 0 Å². The molecule has 0 radical (unpaired) electrons. The monoisotopic (exact) mass is 269 g/mol. The second-order valence-electron chi connectivity index (χ2n) is 6.05. The predicted octanol–water partition coefficient (Wildman–Crippen LogP) is 2.30. The van der Waals surface area contributed by atoms with E-state index in [0.29, 0.717) is 5.92 Å². The van der Waals surface area contributed by atoms with Gasteiger partial charge in [-0.3, -0.25) is 0 Å². The molecule has 1 aliphatic heterocycles. The normalized spacial score (nSPS) is 28.7. The molecule has 1 aliphatic carbocycles. The SMILES string of the molecule is c1ccc(Cc2noc(C34CCCC3CNC4)n2)cc1. The topological polar surface area (TPSA) is 51.0 Å². The van der Waals surface area contributed by atoms with Crippen molar-refractivity contribution in [2.45, 2.75) is 31.1 Å². The van der Waals surface area contributed by atoms with E-state index >= 15 is 0 Å². The van der Waals surface area contributed by atoms with E-state index in [2.05, 4.69) is 22.6 Å². The lowest BCUT2D eigenvalue weighted by atomic mass is 9.80. The molecule has 0 spiro atoms. The molecule has 1 aromatic heterocycles. The molecule has 2 heterocycles. The van der Waals surface area contributed by atoms with E-state index < -0.39 is 0 Å². The van der Waals surface area contributed by atoms with Crippen molar-refractivity contribution in [2.24, 2.45) is 5.92 Å². The number of hydrogen-bond acceptors (Lipinski definition) is 4. The Balaban J connectivity index is 1.59. The van der Waals surface area contributed by atoms with Crippen molar-refractivity contribution in [3.05, 3.63) is 47.6 Å². The summed E-state index contributed by atoms with van der Waals surface area (Å²) in [6, 6.07) is 10.3. The number of rotatable bonds is 3. The Bertz CT molecular complexity index is 583. The number of fused-ring (bicyclic) bond motifs is 1. The fourth-order valence-corrected chi connectivity index (χ4v) is 3.81. The summed E-state index contributed by atoms with van der Waals surface area (Å²) < 4.78 is 5.62. The third kappa shape index (κ3) is 1.86. The Morgan fingerprint density at radius 2 is 2.20 bits per heavy atom. The van der Waals surface area contributed by atoms with Crippen molar-refractivity contribution in [1.29, 1.82) is 0 Å². The van der Waals surface area contributed by atoms with E-state index in [1.54, 1.807) is 0 Å². The first-order chi connectivity index (χ1) is 9.87. The molecule has 20 heavy (non-hydrogen) atoms. The number of aromatic nitrogens is 2. The maximum Gasteiger partial charge on any atom is 0.234 e. The Morgan fingerprint density at radius 1 is 1.30 bits per heavy atom. The highest BCUT2D eigenvalue weighted by atomic mass is 16.5. The standard InChI is InChI=1S/C16H19N3O/c1-2-5-12(6-3-1)9-14-18-15(20-19-14)16-8-4-7-13(16)10-17-11-16/h1-3,5-6,13,17H,4,7-11H2. The quantitative estimate of drug-likeness (QED) is 0.929. The molecule has 1 aromatic carbocycles. The fourth-order valence-electron chi connectivity index (χ4n) is 3.81. The summed E-state index contributed by atoms with van der Waals surface area (Å²) in [5.41, 5.74) is 1.34. The van der Waals surface area contributed by atoms with Crippen LogP contribution in [0.3, 0.4) is 0 Å². The van der Waals surface area contributed by atoms with Gasteiger partial charge in [-0.2, -0.15) is 4.98 Å². The molecule has 2 aromatic rings.